The minimum absolute atomic E-state index is 0.531. The van der Waals surface area contributed by atoms with Crippen molar-refractivity contribution in [2.45, 2.75) is 25.4 Å². The SMILES string of the molecule is c1ccc(-c2nc(CN3CCC[C@@H]3c3ccsc3)co2)cc1. The van der Waals surface area contributed by atoms with Crippen molar-refractivity contribution >= 4 is 11.3 Å². The Morgan fingerprint density at radius 1 is 1.23 bits per heavy atom. The predicted octanol–water partition coefficient (Wildman–Crippen LogP) is 4.74. The summed E-state index contributed by atoms with van der Waals surface area (Å²) >= 11 is 1.78. The van der Waals surface area contributed by atoms with Crippen molar-refractivity contribution in [1.29, 1.82) is 0 Å². The van der Waals surface area contributed by atoms with Crippen LogP contribution in [0.5, 0.6) is 0 Å². The molecule has 1 saturated heterocycles. The molecule has 3 heterocycles. The number of aromatic nitrogens is 1. The second-order valence-corrected chi connectivity index (χ2v) is 6.48. The summed E-state index contributed by atoms with van der Waals surface area (Å²) in [6.45, 7) is 1.99. The molecule has 22 heavy (non-hydrogen) atoms. The quantitative estimate of drug-likeness (QED) is 0.697. The number of oxazole rings is 1. The van der Waals surface area contributed by atoms with Crippen LogP contribution >= 0.6 is 11.3 Å². The summed E-state index contributed by atoms with van der Waals surface area (Å²) in [4.78, 5) is 7.16. The van der Waals surface area contributed by atoms with E-state index in [9.17, 15) is 0 Å². The van der Waals surface area contributed by atoms with Crippen molar-refractivity contribution in [3.05, 3.63) is 64.7 Å². The molecule has 0 saturated carbocycles. The molecule has 0 bridgehead atoms. The van der Waals surface area contributed by atoms with Gasteiger partial charge in [-0.1, -0.05) is 18.2 Å². The number of thiophene rings is 1. The average molecular weight is 310 g/mol. The van der Waals surface area contributed by atoms with Gasteiger partial charge in [0.1, 0.15) is 6.26 Å². The normalized spacial score (nSPS) is 18.8. The maximum absolute atomic E-state index is 5.65. The molecule has 0 unspecified atom stereocenters. The maximum Gasteiger partial charge on any atom is 0.226 e. The summed E-state index contributed by atoms with van der Waals surface area (Å²) in [5.74, 6) is 0.710. The van der Waals surface area contributed by atoms with Crippen LogP contribution in [0, 0.1) is 0 Å². The highest BCUT2D eigenvalue weighted by molar-refractivity contribution is 7.07. The number of hydrogen-bond acceptors (Lipinski definition) is 4. The van der Waals surface area contributed by atoms with Gasteiger partial charge in [0.05, 0.1) is 5.69 Å². The minimum Gasteiger partial charge on any atom is -0.444 e. The molecular formula is C18H18N2OS. The van der Waals surface area contributed by atoms with Crippen LogP contribution in [0.25, 0.3) is 11.5 Å². The molecule has 3 aromatic rings. The molecule has 0 spiro atoms. The molecule has 1 aromatic carbocycles. The summed E-state index contributed by atoms with van der Waals surface area (Å²) in [5, 5.41) is 4.43. The molecular weight excluding hydrogens is 292 g/mol. The Labute approximate surface area is 134 Å². The lowest BCUT2D eigenvalue weighted by Crippen LogP contribution is -2.22. The molecule has 1 aliphatic rings. The molecule has 0 amide bonds. The molecule has 0 aliphatic carbocycles. The first-order valence-corrected chi connectivity index (χ1v) is 8.60. The van der Waals surface area contributed by atoms with Gasteiger partial charge in [0.15, 0.2) is 0 Å². The Kier molecular flexibility index (Phi) is 3.79. The molecule has 4 rings (SSSR count). The van der Waals surface area contributed by atoms with E-state index in [1.54, 1.807) is 17.6 Å². The molecule has 0 N–H and O–H groups in total. The van der Waals surface area contributed by atoms with Crippen molar-refractivity contribution in [2.24, 2.45) is 0 Å². The Hall–Kier alpha value is -1.91. The highest BCUT2D eigenvalue weighted by Crippen LogP contribution is 2.34. The van der Waals surface area contributed by atoms with E-state index in [0.717, 1.165) is 24.3 Å². The third-order valence-corrected chi connectivity index (χ3v) is 4.93. The van der Waals surface area contributed by atoms with Crippen LogP contribution in [0.4, 0.5) is 0 Å². The standard InChI is InChI=1S/C18H18N2OS/c1-2-5-14(6-3-1)18-19-16(12-21-18)11-20-9-4-7-17(20)15-8-10-22-13-15/h1-3,5-6,8,10,12-13,17H,4,7,9,11H2/t17-/m1/s1. The second kappa shape index (κ2) is 6.07. The average Bonchev–Trinajstić information content (AvgIpc) is 3.30. The number of likely N-dealkylation sites (tertiary alicyclic amines) is 1. The number of benzene rings is 1. The molecule has 0 radical (unpaired) electrons. The Morgan fingerprint density at radius 3 is 2.95 bits per heavy atom. The zero-order valence-corrected chi connectivity index (χ0v) is 13.1. The predicted molar refractivity (Wildman–Crippen MR) is 88.6 cm³/mol. The zero-order valence-electron chi connectivity index (χ0n) is 12.3. The van der Waals surface area contributed by atoms with Crippen molar-refractivity contribution in [3.63, 3.8) is 0 Å². The van der Waals surface area contributed by atoms with Gasteiger partial charge >= 0.3 is 0 Å². The van der Waals surface area contributed by atoms with Gasteiger partial charge in [-0.2, -0.15) is 11.3 Å². The van der Waals surface area contributed by atoms with Gasteiger partial charge in [-0.3, -0.25) is 4.90 Å². The van der Waals surface area contributed by atoms with Gasteiger partial charge in [-0.25, -0.2) is 4.98 Å². The monoisotopic (exact) mass is 310 g/mol. The van der Waals surface area contributed by atoms with Gasteiger partial charge < -0.3 is 4.42 Å². The van der Waals surface area contributed by atoms with Crippen LogP contribution in [0.15, 0.2) is 57.8 Å². The van der Waals surface area contributed by atoms with Gasteiger partial charge in [-0.05, 0) is 53.9 Å². The summed E-state index contributed by atoms with van der Waals surface area (Å²) in [6.07, 6.45) is 4.29. The first kappa shape index (κ1) is 13.7. The summed E-state index contributed by atoms with van der Waals surface area (Å²) in [6, 6.07) is 12.8. The third-order valence-electron chi connectivity index (χ3n) is 4.23. The van der Waals surface area contributed by atoms with Crippen molar-refractivity contribution in [3.8, 4) is 11.5 Å². The third kappa shape index (κ3) is 2.72. The minimum atomic E-state index is 0.531. The van der Waals surface area contributed by atoms with Crippen LogP contribution in [0.1, 0.15) is 30.1 Å². The fourth-order valence-corrected chi connectivity index (χ4v) is 3.87. The smallest absolute Gasteiger partial charge is 0.226 e. The Morgan fingerprint density at radius 2 is 2.14 bits per heavy atom. The first-order chi connectivity index (χ1) is 10.9. The number of rotatable bonds is 4. The number of nitrogens with zero attached hydrogens (tertiary/aromatic N) is 2. The lowest BCUT2D eigenvalue weighted by molar-refractivity contribution is 0.246. The van der Waals surface area contributed by atoms with Gasteiger partial charge in [0, 0.05) is 18.2 Å². The molecule has 3 nitrogen and oxygen atoms in total. The van der Waals surface area contributed by atoms with E-state index in [0.29, 0.717) is 11.9 Å². The van der Waals surface area contributed by atoms with E-state index in [4.69, 9.17) is 4.42 Å². The van der Waals surface area contributed by atoms with Crippen molar-refractivity contribution in [2.75, 3.05) is 6.54 Å². The van der Waals surface area contributed by atoms with Crippen molar-refractivity contribution < 1.29 is 4.42 Å². The van der Waals surface area contributed by atoms with E-state index < -0.39 is 0 Å². The highest BCUT2D eigenvalue weighted by Gasteiger charge is 2.27. The van der Waals surface area contributed by atoms with E-state index >= 15 is 0 Å². The zero-order chi connectivity index (χ0) is 14.8. The van der Waals surface area contributed by atoms with Crippen LogP contribution in [0.3, 0.4) is 0 Å². The van der Waals surface area contributed by atoms with E-state index in [1.165, 1.54) is 18.4 Å². The van der Waals surface area contributed by atoms with Gasteiger partial charge in [0.2, 0.25) is 5.89 Å². The van der Waals surface area contributed by atoms with Gasteiger partial charge in [0.25, 0.3) is 0 Å². The first-order valence-electron chi connectivity index (χ1n) is 7.66. The molecule has 1 atom stereocenters. The van der Waals surface area contributed by atoms with Gasteiger partial charge in [-0.15, -0.1) is 0 Å². The molecule has 1 aliphatic heterocycles. The van der Waals surface area contributed by atoms with E-state index in [-0.39, 0.29) is 0 Å². The summed E-state index contributed by atoms with van der Waals surface area (Å²) < 4.78 is 5.65. The number of hydrogen-bond donors (Lipinski definition) is 0. The van der Waals surface area contributed by atoms with Crippen LogP contribution in [0.2, 0.25) is 0 Å². The fourth-order valence-electron chi connectivity index (χ4n) is 3.16. The molecule has 4 heteroatoms. The molecule has 1 fully saturated rings. The Bertz CT molecular complexity index is 721. The van der Waals surface area contributed by atoms with E-state index in [1.807, 2.05) is 30.3 Å². The summed E-state index contributed by atoms with van der Waals surface area (Å²) in [5.41, 5.74) is 3.49. The van der Waals surface area contributed by atoms with Crippen LogP contribution in [-0.2, 0) is 6.54 Å². The van der Waals surface area contributed by atoms with Crippen molar-refractivity contribution in [1.82, 2.24) is 9.88 Å². The topological polar surface area (TPSA) is 29.3 Å². The highest BCUT2D eigenvalue weighted by atomic mass is 32.1. The molecule has 112 valence electrons. The lowest BCUT2D eigenvalue weighted by atomic mass is 10.1. The maximum atomic E-state index is 5.65. The largest absolute Gasteiger partial charge is 0.444 e. The van der Waals surface area contributed by atoms with Crippen LogP contribution in [-0.4, -0.2) is 16.4 Å². The van der Waals surface area contributed by atoms with Crippen LogP contribution < -0.4 is 0 Å². The summed E-state index contributed by atoms with van der Waals surface area (Å²) in [7, 11) is 0. The Balaban J connectivity index is 1.51. The molecule has 2 aromatic heterocycles. The fraction of sp³-hybridized carbons (Fsp3) is 0.278. The van der Waals surface area contributed by atoms with E-state index in [2.05, 4.69) is 26.7 Å². The second-order valence-electron chi connectivity index (χ2n) is 5.70. The lowest BCUT2D eigenvalue weighted by Gasteiger charge is -2.22.